The van der Waals surface area contributed by atoms with E-state index in [0.29, 0.717) is 6.04 Å². The summed E-state index contributed by atoms with van der Waals surface area (Å²) in [5.41, 5.74) is 1.49. The molecule has 3 rings (SSSR count). The molecule has 1 aliphatic rings. The molecule has 0 radical (unpaired) electrons. The summed E-state index contributed by atoms with van der Waals surface area (Å²) in [6.07, 6.45) is 5.68. The van der Waals surface area contributed by atoms with Crippen LogP contribution in [-0.4, -0.2) is 47.0 Å². The van der Waals surface area contributed by atoms with Crippen LogP contribution in [0.5, 0.6) is 0 Å². The van der Waals surface area contributed by atoms with Crippen molar-refractivity contribution in [2.24, 2.45) is 0 Å². The fraction of sp³-hybridized carbons (Fsp3) is 0.429. The monoisotopic (exact) mass is 330 g/mol. The van der Waals surface area contributed by atoms with Gasteiger partial charge < -0.3 is 15.2 Å². The van der Waals surface area contributed by atoms with E-state index in [1.54, 1.807) is 12.4 Å². The molecule has 0 aliphatic carbocycles. The van der Waals surface area contributed by atoms with E-state index in [9.17, 15) is 4.79 Å². The zero-order valence-corrected chi connectivity index (χ0v) is 13.5. The van der Waals surface area contributed by atoms with E-state index in [-0.39, 0.29) is 30.7 Å². The first-order valence-corrected chi connectivity index (χ1v) is 6.68. The minimum absolute atomic E-state index is 0. The fourth-order valence-electron chi connectivity index (χ4n) is 2.70. The minimum Gasteiger partial charge on any atom is -0.345 e. The summed E-state index contributed by atoms with van der Waals surface area (Å²) in [5.74, 6) is 0.0965. The third-order valence-electron chi connectivity index (χ3n) is 3.80. The Morgan fingerprint density at radius 2 is 2.29 bits per heavy atom. The van der Waals surface area contributed by atoms with Crippen molar-refractivity contribution in [2.75, 3.05) is 20.1 Å². The van der Waals surface area contributed by atoms with Gasteiger partial charge in [-0.25, -0.2) is 4.98 Å². The van der Waals surface area contributed by atoms with E-state index < -0.39 is 0 Å². The van der Waals surface area contributed by atoms with Crippen molar-refractivity contribution < 1.29 is 4.79 Å². The number of fused-ring (bicyclic) bond motifs is 1. The Hall–Kier alpha value is -1.30. The summed E-state index contributed by atoms with van der Waals surface area (Å²) in [6.45, 7) is 1.62. The lowest BCUT2D eigenvalue weighted by Crippen LogP contribution is -2.46. The maximum atomic E-state index is 12.6. The van der Waals surface area contributed by atoms with Crippen LogP contribution < -0.4 is 5.32 Å². The fourth-order valence-corrected chi connectivity index (χ4v) is 2.70. The molecule has 1 unspecified atom stereocenters. The molecule has 2 N–H and O–H groups in total. The third kappa shape index (κ3) is 3.48. The van der Waals surface area contributed by atoms with Gasteiger partial charge in [0.1, 0.15) is 5.65 Å². The number of pyridine rings is 1. The van der Waals surface area contributed by atoms with Gasteiger partial charge in [0.25, 0.3) is 5.91 Å². The molecule has 2 aromatic rings. The number of likely N-dealkylation sites (N-methyl/N-ethyl adjacent to an activating group) is 1. The van der Waals surface area contributed by atoms with Crippen molar-refractivity contribution in [3.63, 3.8) is 0 Å². The van der Waals surface area contributed by atoms with Crippen LogP contribution in [0.4, 0.5) is 0 Å². The van der Waals surface area contributed by atoms with Crippen molar-refractivity contribution in [2.45, 2.75) is 18.9 Å². The number of H-pyrrole nitrogens is 1. The van der Waals surface area contributed by atoms with Crippen molar-refractivity contribution in [1.82, 2.24) is 20.2 Å². The van der Waals surface area contributed by atoms with Crippen LogP contribution in [0.3, 0.4) is 0 Å². The average molecular weight is 331 g/mol. The Balaban J connectivity index is 0.00000110. The number of carbonyl (C=O) groups is 1. The van der Waals surface area contributed by atoms with Crippen molar-refractivity contribution in [1.29, 1.82) is 0 Å². The largest absolute Gasteiger partial charge is 0.345 e. The highest BCUT2D eigenvalue weighted by atomic mass is 35.5. The van der Waals surface area contributed by atoms with Crippen molar-refractivity contribution in [3.8, 4) is 0 Å². The number of halogens is 2. The molecule has 0 aromatic carbocycles. The first kappa shape index (κ1) is 17.8. The molecular weight excluding hydrogens is 311 g/mol. The summed E-state index contributed by atoms with van der Waals surface area (Å²) in [6, 6.07) is 4.20. The molecule has 1 atom stereocenters. The van der Waals surface area contributed by atoms with Crippen LogP contribution in [0.2, 0.25) is 0 Å². The van der Waals surface area contributed by atoms with Gasteiger partial charge in [-0.3, -0.25) is 4.79 Å². The predicted molar refractivity (Wildman–Crippen MR) is 88.6 cm³/mol. The molecule has 2 aromatic heterocycles. The Morgan fingerprint density at radius 1 is 1.48 bits per heavy atom. The standard InChI is InChI=1S/C14H18N4O.2ClH/c1-15-10-4-3-7-18(9-10)14(19)12-8-17-13-11(12)5-2-6-16-13;;/h2,5-6,8,10,15H,3-4,7,9H2,1H3,(H,16,17);2*1H. The minimum atomic E-state index is 0. The van der Waals surface area contributed by atoms with Gasteiger partial charge in [-0.1, -0.05) is 0 Å². The van der Waals surface area contributed by atoms with Gasteiger partial charge in [0, 0.05) is 36.9 Å². The number of hydrogen-bond acceptors (Lipinski definition) is 3. The molecule has 5 nitrogen and oxygen atoms in total. The number of carbonyl (C=O) groups excluding carboxylic acids is 1. The van der Waals surface area contributed by atoms with Gasteiger partial charge in [0.05, 0.1) is 5.56 Å². The highest BCUT2D eigenvalue weighted by Gasteiger charge is 2.25. The van der Waals surface area contributed by atoms with Crippen molar-refractivity contribution >= 4 is 41.8 Å². The third-order valence-corrected chi connectivity index (χ3v) is 3.80. The van der Waals surface area contributed by atoms with Gasteiger partial charge in [0.2, 0.25) is 0 Å². The van der Waals surface area contributed by atoms with Crippen LogP contribution in [0.15, 0.2) is 24.5 Å². The van der Waals surface area contributed by atoms with Gasteiger partial charge in [0.15, 0.2) is 0 Å². The van der Waals surface area contributed by atoms with E-state index in [1.807, 2.05) is 24.1 Å². The number of rotatable bonds is 2. The summed E-state index contributed by atoms with van der Waals surface area (Å²) < 4.78 is 0. The number of amides is 1. The van der Waals surface area contributed by atoms with Crippen LogP contribution in [0, 0.1) is 0 Å². The number of hydrogen-bond donors (Lipinski definition) is 2. The molecule has 21 heavy (non-hydrogen) atoms. The van der Waals surface area contributed by atoms with Crippen LogP contribution in [0.25, 0.3) is 11.0 Å². The molecule has 0 bridgehead atoms. The molecule has 116 valence electrons. The second-order valence-electron chi connectivity index (χ2n) is 4.98. The van der Waals surface area contributed by atoms with E-state index in [0.717, 1.165) is 42.5 Å². The van der Waals surface area contributed by atoms with Gasteiger partial charge >= 0.3 is 0 Å². The van der Waals surface area contributed by atoms with Gasteiger partial charge in [-0.15, -0.1) is 24.8 Å². The highest BCUT2D eigenvalue weighted by Crippen LogP contribution is 2.20. The number of likely N-dealkylation sites (tertiary alicyclic amines) is 1. The lowest BCUT2D eigenvalue weighted by molar-refractivity contribution is 0.0700. The number of aromatic amines is 1. The van der Waals surface area contributed by atoms with E-state index in [4.69, 9.17) is 0 Å². The Kier molecular flexibility index (Phi) is 6.45. The maximum absolute atomic E-state index is 12.6. The highest BCUT2D eigenvalue weighted by molar-refractivity contribution is 6.05. The quantitative estimate of drug-likeness (QED) is 0.887. The molecule has 1 aliphatic heterocycles. The Bertz CT molecular complexity index is 601. The van der Waals surface area contributed by atoms with Crippen molar-refractivity contribution in [3.05, 3.63) is 30.1 Å². The molecule has 0 saturated carbocycles. The topological polar surface area (TPSA) is 61.0 Å². The van der Waals surface area contributed by atoms with Crippen LogP contribution in [-0.2, 0) is 0 Å². The average Bonchev–Trinajstić information content (AvgIpc) is 2.90. The zero-order valence-electron chi connectivity index (χ0n) is 11.8. The lowest BCUT2D eigenvalue weighted by Gasteiger charge is -2.32. The zero-order chi connectivity index (χ0) is 13.2. The second kappa shape index (κ2) is 7.64. The lowest BCUT2D eigenvalue weighted by atomic mass is 10.0. The van der Waals surface area contributed by atoms with Gasteiger partial charge in [-0.2, -0.15) is 0 Å². The number of nitrogens with zero attached hydrogens (tertiary/aromatic N) is 2. The molecular formula is C14H20Cl2N4O. The normalized spacial score (nSPS) is 18.0. The maximum Gasteiger partial charge on any atom is 0.256 e. The first-order valence-electron chi connectivity index (χ1n) is 6.68. The number of nitrogens with one attached hydrogen (secondary N) is 2. The molecule has 7 heteroatoms. The molecule has 0 spiro atoms. The second-order valence-corrected chi connectivity index (χ2v) is 4.98. The SMILES string of the molecule is CNC1CCCN(C(=O)c2c[nH]c3ncccc23)C1.Cl.Cl. The van der Waals surface area contributed by atoms with Crippen LogP contribution in [0.1, 0.15) is 23.2 Å². The number of piperidine rings is 1. The van der Waals surface area contributed by atoms with E-state index in [1.165, 1.54) is 0 Å². The van der Waals surface area contributed by atoms with E-state index in [2.05, 4.69) is 15.3 Å². The molecule has 3 heterocycles. The Labute approximate surface area is 136 Å². The summed E-state index contributed by atoms with van der Waals surface area (Å²) in [5, 5.41) is 4.16. The Morgan fingerprint density at radius 3 is 3.05 bits per heavy atom. The van der Waals surface area contributed by atoms with Gasteiger partial charge in [-0.05, 0) is 32.0 Å². The van der Waals surface area contributed by atoms with Crippen LogP contribution >= 0.6 is 24.8 Å². The summed E-state index contributed by atoms with van der Waals surface area (Å²) >= 11 is 0. The smallest absolute Gasteiger partial charge is 0.256 e. The first-order chi connectivity index (χ1) is 9.29. The summed E-state index contributed by atoms with van der Waals surface area (Å²) in [7, 11) is 1.95. The summed E-state index contributed by atoms with van der Waals surface area (Å²) in [4.78, 5) is 21.8. The predicted octanol–water partition coefficient (Wildman–Crippen LogP) is 2.23. The molecule has 1 fully saturated rings. The number of aromatic nitrogens is 2. The molecule has 1 saturated heterocycles. The molecule has 1 amide bonds. The van der Waals surface area contributed by atoms with E-state index >= 15 is 0 Å².